The van der Waals surface area contributed by atoms with E-state index < -0.39 is 76.2 Å². The van der Waals surface area contributed by atoms with E-state index in [1.165, 1.54) is 36.4 Å². The van der Waals surface area contributed by atoms with Gasteiger partial charge in [0.2, 0.25) is 5.78 Å². The summed E-state index contributed by atoms with van der Waals surface area (Å²) in [5.74, 6) is -5.86. The van der Waals surface area contributed by atoms with Crippen molar-refractivity contribution in [1.82, 2.24) is 0 Å². The molecular formula is C30H24O12. The molecule has 4 aromatic rings. The van der Waals surface area contributed by atoms with Gasteiger partial charge in [0.25, 0.3) is 0 Å². The number of Topliss-reactive ketones (excluding diaryl/α,β-unsaturated/α-hetero) is 1. The Morgan fingerprint density at radius 3 is 1.81 bits per heavy atom. The first-order valence-corrected chi connectivity index (χ1v) is 12.7. The summed E-state index contributed by atoms with van der Waals surface area (Å²) in [5, 5.41) is 94.3. The fourth-order valence-corrected chi connectivity index (χ4v) is 5.50. The third-order valence-electron chi connectivity index (χ3n) is 7.54. The van der Waals surface area contributed by atoms with Gasteiger partial charge >= 0.3 is 0 Å². The number of aromatic hydroxyl groups is 7. The summed E-state index contributed by atoms with van der Waals surface area (Å²) in [5.41, 5.74) is -0.189. The van der Waals surface area contributed by atoms with Gasteiger partial charge in [-0.3, -0.25) is 4.79 Å². The molecule has 9 N–H and O–H groups in total. The van der Waals surface area contributed by atoms with Gasteiger partial charge in [0, 0.05) is 29.2 Å². The zero-order valence-electron chi connectivity index (χ0n) is 21.4. The van der Waals surface area contributed by atoms with Gasteiger partial charge in [-0.25, -0.2) is 0 Å². The second-order valence-corrected chi connectivity index (χ2v) is 10.1. The van der Waals surface area contributed by atoms with Gasteiger partial charge in [0.1, 0.15) is 40.4 Å². The maximum Gasteiger partial charge on any atom is 0.202 e. The fourth-order valence-electron chi connectivity index (χ4n) is 5.50. The lowest BCUT2D eigenvalue weighted by Crippen LogP contribution is -2.37. The van der Waals surface area contributed by atoms with Crippen LogP contribution in [0.25, 0.3) is 0 Å². The number of hydrogen-bond acceptors (Lipinski definition) is 12. The molecule has 0 aromatic heterocycles. The summed E-state index contributed by atoms with van der Waals surface area (Å²) >= 11 is 0. The van der Waals surface area contributed by atoms with Crippen LogP contribution in [-0.2, 0) is 0 Å². The first kappa shape index (κ1) is 26.9. The largest absolute Gasteiger partial charge is 0.508 e. The van der Waals surface area contributed by atoms with Crippen molar-refractivity contribution >= 4 is 5.78 Å². The number of hydrogen-bond donors (Lipinski definition) is 9. The van der Waals surface area contributed by atoms with Crippen LogP contribution < -0.4 is 9.47 Å². The van der Waals surface area contributed by atoms with Crippen LogP contribution in [0, 0.1) is 0 Å². The number of phenolic OH excluding ortho intramolecular Hbond substituents is 7. The van der Waals surface area contributed by atoms with E-state index in [1.807, 2.05) is 0 Å². The molecule has 4 aromatic carbocycles. The van der Waals surface area contributed by atoms with Crippen molar-refractivity contribution in [3.63, 3.8) is 0 Å². The number of ether oxygens (including phenoxy) is 2. The SMILES string of the molecule is O=C1c2c(cc(O)c([C@@H]3c4ccc(O)cc4O[C@H](c4ccc(O)c(O)c4)[C@H]3O)c2O)O[C@H](c2ccc(O)c(O)c2)[C@H]1O. The van der Waals surface area contributed by atoms with Crippen LogP contribution in [0.3, 0.4) is 0 Å². The molecule has 2 aliphatic rings. The van der Waals surface area contributed by atoms with Crippen LogP contribution in [0.4, 0.5) is 0 Å². The van der Waals surface area contributed by atoms with Gasteiger partial charge in [-0.2, -0.15) is 0 Å². The molecule has 42 heavy (non-hydrogen) atoms. The molecule has 2 aliphatic heterocycles. The third kappa shape index (κ3) is 4.12. The highest BCUT2D eigenvalue weighted by Crippen LogP contribution is 2.54. The Labute approximate surface area is 236 Å². The van der Waals surface area contributed by atoms with E-state index in [0.29, 0.717) is 0 Å². The number of carbonyl (C=O) groups is 1. The van der Waals surface area contributed by atoms with Crippen LogP contribution in [0.15, 0.2) is 60.7 Å². The summed E-state index contributed by atoms with van der Waals surface area (Å²) in [6.45, 7) is 0. The highest BCUT2D eigenvalue weighted by atomic mass is 16.5. The molecule has 0 bridgehead atoms. The van der Waals surface area contributed by atoms with Gasteiger partial charge in [0.05, 0.1) is 0 Å². The van der Waals surface area contributed by atoms with E-state index in [4.69, 9.17) is 9.47 Å². The van der Waals surface area contributed by atoms with Crippen molar-refractivity contribution in [1.29, 1.82) is 0 Å². The summed E-state index contributed by atoms with van der Waals surface area (Å²) in [4.78, 5) is 13.4. The Hall–Kier alpha value is -5.33. The topological polar surface area (TPSA) is 218 Å². The molecule has 5 atom stereocenters. The molecule has 0 spiro atoms. The van der Waals surface area contributed by atoms with E-state index in [0.717, 1.165) is 24.3 Å². The third-order valence-corrected chi connectivity index (χ3v) is 7.54. The molecule has 216 valence electrons. The molecule has 0 fully saturated rings. The molecule has 0 radical (unpaired) electrons. The number of fused-ring (bicyclic) bond motifs is 2. The van der Waals surface area contributed by atoms with Gasteiger partial charge < -0.3 is 55.4 Å². The van der Waals surface area contributed by atoms with Gasteiger partial charge in [-0.05, 0) is 41.5 Å². The highest BCUT2D eigenvalue weighted by molar-refractivity contribution is 6.06. The summed E-state index contributed by atoms with van der Waals surface area (Å²) < 4.78 is 11.7. The van der Waals surface area contributed by atoms with E-state index in [1.54, 1.807) is 0 Å². The van der Waals surface area contributed by atoms with Crippen molar-refractivity contribution in [3.05, 3.63) is 88.5 Å². The molecule has 6 rings (SSSR count). The number of phenols is 7. The fraction of sp³-hybridized carbons (Fsp3) is 0.167. The molecule has 0 aliphatic carbocycles. The first-order valence-electron chi connectivity index (χ1n) is 12.7. The molecule has 0 saturated carbocycles. The quantitative estimate of drug-likeness (QED) is 0.161. The van der Waals surface area contributed by atoms with Crippen molar-refractivity contribution in [2.24, 2.45) is 0 Å². The van der Waals surface area contributed by atoms with E-state index >= 15 is 0 Å². The summed E-state index contributed by atoms with van der Waals surface area (Å²) in [6.07, 6.45) is -6.01. The lowest BCUT2D eigenvalue weighted by molar-refractivity contribution is 0.00689. The van der Waals surface area contributed by atoms with E-state index in [-0.39, 0.29) is 39.5 Å². The minimum absolute atomic E-state index is 0.0641. The second-order valence-electron chi connectivity index (χ2n) is 10.1. The predicted molar refractivity (Wildman–Crippen MR) is 142 cm³/mol. The molecule has 12 nitrogen and oxygen atoms in total. The number of benzene rings is 4. The van der Waals surface area contributed by atoms with E-state index in [9.17, 15) is 50.8 Å². The molecule has 0 saturated heterocycles. The minimum atomic E-state index is -1.86. The number of ketones is 1. The van der Waals surface area contributed by atoms with Crippen LogP contribution in [0.2, 0.25) is 0 Å². The number of carbonyl (C=O) groups excluding carboxylic acids is 1. The maximum atomic E-state index is 13.4. The Kier molecular flexibility index (Phi) is 6.17. The first-order chi connectivity index (χ1) is 20.0. The second kappa shape index (κ2) is 9.65. The highest BCUT2D eigenvalue weighted by Gasteiger charge is 2.46. The van der Waals surface area contributed by atoms with Crippen LogP contribution in [0.1, 0.15) is 50.7 Å². The lowest BCUT2D eigenvalue weighted by Gasteiger charge is -2.38. The average molecular weight is 577 g/mol. The Bertz CT molecular complexity index is 1750. The molecule has 2 heterocycles. The molecular weight excluding hydrogens is 552 g/mol. The molecule has 0 unspecified atom stereocenters. The normalized spacial score (nSPS) is 22.9. The Balaban J connectivity index is 1.48. The van der Waals surface area contributed by atoms with Crippen molar-refractivity contribution in [2.75, 3.05) is 0 Å². The Morgan fingerprint density at radius 2 is 1.19 bits per heavy atom. The zero-order valence-corrected chi connectivity index (χ0v) is 21.4. The average Bonchev–Trinajstić information content (AvgIpc) is 2.94. The number of aliphatic hydroxyl groups is 2. The standard InChI is InChI=1S/C30H24O12/c31-13-3-4-14-20(9-13)41-29(11-1-5-15(32)17(34)7-11)27(39)22(14)23-19(36)10-21-24(25(23)37)26(38)28(40)30(42-21)12-2-6-16(33)18(35)8-12/h1-10,22,27-37,39-40H/t22-,27-,28-,29+,30+/m0/s1. The van der Waals surface area contributed by atoms with Gasteiger partial charge in [0.15, 0.2) is 41.3 Å². The van der Waals surface area contributed by atoms with Crippen molar-refractivity contribution in [3.8, 4) is 51.7 Å². The van der Waals surface area contributed by atoms with Crippen molar-refractivity contribution < 1.29 is 60.2 Å². The van der Waals surface area contributed by atoms with Crippen LogP contribution in [-0.4, -0.2) is 63.9 Å². The summed E-state index contributed by atoms with van der Waals surface area (Å²) in [7, 11) is 0. The number of rotatable bonds is 3. The smallest absolute Gasteiger partial charge is 0.202 e. The minimum Gasteiger partial charge on any atom is -0.508 e. The molecule has 0 amide bonds. The van der Waals surface area contributed by atoms with E-state index in [2.05, 4.69) is 0 Å². The zero-order chi connectivity index (χ0) is 30.0. The lowest BCUT2D eigenvalue weighted by atomic mass is 9.78. The molecule has 12 heteroatoms. The predicted octanol–water partition coefficient (Wildman–Crippen LogP) is 2.93. The maximum absolute atomic E-state index is 13.4. The van der Waals surface area contributed by atoms with Crippen LogP contribution in [0.5, 0.6) is 51.7 Å². The number of aliphatic hydroxyl groups excluding tert-OH is 2. The van der Waals surface area contributed by atoms with Gasteiger partial charge in [-0.1, -0.05) is 18.2 Å². The Morgan fingerprint density at radius 1 is 0.595 bits per heavy atom. The summed E-state index contributed by atoms with van der Waals surface area (Å²) in [6, 6.07) is 12.3. The van der Waals surface area contributed by atoms with Gasteiger partial charge in [-0.15, -0.1) is 0 Å². The van der Waals surface area contributed by atoms with Crippen molar-refractivity contribution in [2.45, 2.75) is 30.3 Å². The van der Waals surface area contributed by atoms with Crippen LogP contribution >= 0.6 is 0 Å². The monoisotopic (exact) mass is 576 g/mol.